The van der Waals surface area contributed by atoms with Crippen LogP contribution in [0.3, 0.4) is 0 Å². The summed E-state index contributed by atoms with van der Waals surface area (Å²) in [4.78, 5) is 34.3. The van der Waals surface area contributed by atoms with E-state index in [1.807, 2.05) is 0 Å². The van der Waals surface area contributed by atoms with Crippen LogP contribution in [0.15, 0.2) is 18.2 Å². The average Bonchev–Trinajstić information content (AvgIpc) is 2.65. The second-order valence-corrected chi connectivity index (χ2v) is 4.88. The van der Waals surface area contributed by atoms with Crippen LogP contribution in [0.5, 0.6) is 0 Å². The molecule has 0 radical (unpaired) electrons. The van der Waals surface area contributed by atoms with Crippen molar-refractivity contribution in [1.29, 1.82) is 0 Å². The Morgan fingerprint density at radius 3 is 2.75 bits per heavy atom. The van der Waals surface area contributed by atoms with Crippen LogP contribution in [0, 0.1) is 10.1 Å². The first-order valence-corrected chi connectivity index (χ1v) is 6.24. The Balaban J connectivity index is 2.05. The van der Waals surface area contributed by atoms with Crippen LogP contribution in [0.2, 0.25) is 5.02 Å². The summed E-state index contributed by atoms with van der Waals surface area (Å²) in [6, 6.07) is 3.83. The first-order chi connectivity index (χ1) is 9.40. The fraction of sp³-hybridized carbons (Fsp3) is 0.333. The van der Waals surface area contributed by atoms with Gasteiger partial charge in [-0.25, -0.2) is 0 Å². The van der Waals surface area contributed by atoms with E-state index in [0.717, 1.165) is 4.90 Å². The van der Waals surface area contributed by atoms with Crippen molar-refractivity contribution in [3.05, 3.63) is 38.9 Å². The lowest BCUT2D eigenvalue weighted by atomic mass is 10.1. The lowest BCUT2D eigenvalue weighted by Gasteiger charge is -2.11. The summed E-state index contributed by atoms with van der Waals surface area (Å²) < 4.78 is 0. The molecule has 1 atom stereocenters. The number of imide groups is 1. The quantitative estimate of drug-likeness (QED) is 0.510. The summed E-state index contributed by atoms with van der Waals surface area (Å²) in [7, 11) is 1.43. The molecule has 0 aromatic heterocycles. The van der Waals surface area contributed by atoms with E-state index in [1.165, 1.54) is 19.2 Å². The molecule has 8 heteroatoms. The Morgan fingerprint density at radius 1 is 1.50 bits per heavy atom. The van der Waals surface area contributed by atoms with Gasteiger partial charge in [-0.3, -0.25) is 24.6 Å². The average molecular weight is 298 g/mol. The van der Waals surface area contributed by atoms with E-state index in [4.69, 9.17) is 11.6 Å². The van der Waals surface area contributed by atoms with Crippen LogP contribution >= 0.6 is 11.6 Å². The van der Waals surface area contributed by atoms with Gasteiger partial charge in [0.1, 0.15) is 5.02 Å². The van der Waals surface area contributed by atoms with Gasteiger partial charge in [0.2, 0.25) is 11.8 Å². The number of nitro groups is 1. The number of hydrogen-bond donors (Lipinski definition) is 1. The zero-order valence-electron chi connectivity index (χ0n) is 10.6. The molecule has 2 amide bonds. The molecule has 106 valence electrons. The zero-order chi connectivity index (χ0) is 14.9. The first-order valence-electron chi connectivity index (χ1n) is 5.86. The molecule has 1 aliphatic heterocycles. The highest BCUT2D eigenvalue weighted by Gasteiger charge is 2.35. The van der Waals surface area contributed by atoms with E-state index in [2.05, 4.69) is 5.32 Å². The van der Waals surface area contributed by atoms with Crippen molar-refractivity contribution in [2.75, 3.05) is 7.05 Å². The first kappa shape index (κ1) is 14.4. The van der Waals surface area contributed by atoms with Gasteiger partial charge < -0.3 is 5.32 Å². The molecule has 7 nitrogen and oxygen atoms in total. The van der Waals surface area contributed by atoms with Gasteiger partial charge in [0, 0.05) is 19.7 Å². The van der Waals surface area contributed by atoms with Gasteiger partial charge >= 0.3 is 0 Å². The number of likely N-dealkylation sites (N-methyl/N-ethyl adjacent to an activating group) is 1. The molecule has 1 aliphatic rings. The van der Waals surface area contributed by atoms with Gasteiger partial charge in [-0.05, 0) is 11.6 Å². The molecule has 1 N–H and O–H groups in total. The van der Waals surface area contributed by atoms with E-state index >= 15 is 0 Å². The minimum atomic E-state index is -0.581. The Morgan fingerprint density at radius 2 is 2.20 bits per heavy atom. The second kappa shape index (κ2) is 5.56. The van der Waals surface area contributed by atoms with Crippen molar-refractivity contribution >= 4 is 29.1 Å². The molecule has 0 bridgehead atoms. The van der Waals surface area contributed by atoms with Crippen molar-refractivity contribution in [3.63, 3.8) is 0 Å². The Bertz CT molecular complexity index is 590. The number of rotatable bonds is 4. The molecular formula is C12H12ClN3O4. The number of benzene rings is 1. The molecule has 1 saturated heterocycles. The van der Waals surface area contributed by atoms with Gasteiger partial charge in [0.25, 0.3) is 5.69 Å². The number of carbonyl (C=O) groups is 2. The largest absolute Gasteiger partial charge is 0.301 e. The number of halogens is 1. The molecule has 2 rings (SSSR count). The molecular weight excluding hydrogens is 286 g/mol. The molecule has 0 spiro atoms. The Labute approximate surface area is 119 Å². The topological polar surface area (TPSA) is 92.6 Å². The van der Waals surface area contributed by atoms with Crippen molar-refractivity contribution in [2.24, 2.45) is 0 Å². The smallest absolute Gasteiger partial charge is 0.288 e. The minimum Gasteiger partial charge on any atom is -0.301 e. The highest BCUT2D eigenvalue weighted by Crippen LogP contribution is 2.25. The maximum absolute atomic E-state index is 11.7. The number of likely N-dealkylation sites (tertiary alicyclic amines) is 1. The van der Waals surface area contributed by atoms with Crippen LogP contribution in [-0.2, 0) is 16.1 Å². The van der Waals surface area contributed by atoms with Gasteiger partial charge in [-0.1, -0.05) is 17.7 Å². The summed E-state index contributed by atoms with van der Waals surface area (Å²) in [6.07, 6.45) is 0.102. The van der Waals surface area contributed by atoms with Crippen molar-refractivity contribution in [3.8, 4) is 0 Å². The van der Waals surface area contributed by atoms with Crippen LogP contribution < -0.4 is 5.32 Å². The molecule has 0 saturated carbocycles. The van der Waals surface area contributed by atoms with Crippen LogP contribution in [0.4, 0.5) is 5.69 Å². The summed E-state index contributed by atoms with van der Waals surface area (Å²) in [5, 5.41) is 13.7. The second-order valence-electron chi connectivity index (χ2n) is 4.47. The number of nitro benzene ring substituents is 1. The number of nitrogens with zero attached hydrogens (tertiary/aromatic N) is 2. The van der Waals surface area contributed by atoms with Crippen molar-refractivity contribution < 1.29 is 14.5 Å². The lowest BCUT2D eigenvalue weighted by Crippen LogP contribution is -2.36. The molecule has 0 aliphatic carbocycles. The maximum Gasteiger partial charge on any atom is 0.288 e. The number of nitrogens with one attached hydrogen (secondary N) is 1. The third-order valence-corrected chi connectivity index (χ3v) is 3.46. The minimum absolute atomic E-state index is 0.0607. The summed E-state index contributed by atoms with van der Waals surface area (Å²) in [6.45, 7) is 0.246. The highest BCUT2D eigenvalue weighted by molar-refractivity contribution is 6.32. The van der Waals surface area contributed by atoms with Crippen molar-refractivity contribution in [1.82, 2.24) is 10.2 Å². The lowest BCUT2D eigenvalue weighted by molar-refractivity contribution is -0.384. The van der Waals surface area contributed by atoms with Crippen LogP contribution in [0.25, 0.3) is 0 Å². The fourth-order valence-electron chi connectivity index (χ4n) is 1.96. The van der Waals surface area contributed by atoms with E-state index in [0.29, 0.717) is 5.56 Å². The van der Waals surface area contributed by atoms with E-state index in [9.17, 15) is 19.7 Å². The number of hydrogen-bond acceptors (Lipinski definition) is 5. The zero-order valence-corrected chi connectivity index (χ0v) is 11.4. The van der Waals surface area contributed by atoms with Crippen LogP contribution in [-0.4, -0.2) is 34.7 Å². The SMILES string of the molecule is CN1C(=O)CC(NCc2ccc(Cl)c([N+](=O)[O-])c2)C1=O. The molecule has 1 aromatic rings. The normalized spacial score (nSPS) is 18.7. The van der Waals surface area contributed by atoms with Crippen LogP contribution in [0.1, 0.15) is 12.0 Å². The van der Waals surface area contributed by atoms with Gasteiger partial charge in [0.15, 0.2) is 0 Å². The highest BCUT2D eigenvalue weighted by atomic mass is 35.5. The number of carbonyl (C=O) groups excluding carboxylic acids is 2. The maximum atomic E-state index is 11.7. The van der Waals surface area contributed by atoms with E-state index < -0.39 is 11.0 Å². The molecule has 1 unspecified atom stereocenters. The predicted molar refractivity (Wildman–Crippen MR) is 71.1 cm³/mol. The van der Waals surface area contributed by atoms with Gasteiger partial charge in [0.05, 0.1) is 17.4 Å². The van der Waals surface area contributed by atoms with E-state index in [-0.39, 0.29) is 35.5 Å². The van der Waals surface area contributed by atoms with E-state index in [1.54, 1.807) is 6.07 Å². The van der Waals surface area contributed by atoms with Crippen molar-refractivity contribution in [2.45, 2.75) is 19.0 Å². The molecule has 1 fully saturated rings. The fourth-order valence-corrected chi connectivity index (χ4v) is 2.15. The Kier molecular flexibility index (Phi) is 4.01. The number of amides is 2. The third-order valence-electron chi connectivity index (χ3n) is 3.14. The predicted octanol–water partition coefficient (Wildman–Crippen LogP) is 1.10. The molecule has 1 heterocycles. The summed E-state index contributed by atoms with van der Waals surface area (Å²) >= 11 is 5.71. The molecule has 1 aromatic carbocycles. The van der Waals surface area contributed by atoms with Gasteiger partial charge in [-0.2, -0.15) is 0 Å². The molecule has 20 heavy (non-hydrogen) atoms. The Hall–Kier alpha value is -1.99. The summed E-state index contributed by atoms with van der Waals surface area (Å²) in [5.41, 5.74) is 0.438. The third kappa shape index (κ3) is 2.78. The summed E-state index contributed by atoms with van der Waals surface area (Å²) in [5.74, 6) is -0.534. The standard InChI is InChI=1S/C12H12ClN3O4/c1-15-11(17)5-9(12(15)18)14-6-7-2-3-8(13)10(4-7)16(19)20/h2-4,9,14H,5-6H2,1H3. The van der Waals surface area contributed by atoms with Gasteiger partial charge in [-0.15, -0.1) is 0 Å². The monoisotopic (exact) mass is 297 g/mol.